The predicted molar refractivity (Wildman–Crippen MR) is 69.0 cm³/mol. The number of ether oxygens (including phenoxy) is 1. The maximum Gasteiger partial charge on any atom is 0.214 e. The zero-order chi connectivity index (χ0) is 13.0. The van der Waals surface area contributed by atoms with Crippen molar-refractivity contribution in [3.63, 3.8) is 0 Å². The molecule has 0 saturated heterocycles. The number of aromatic nitrogens is 3. The summed E-state index contributed by atoms with van der Waals surface area (Å²) in [4.78, 5) is 12.0. The van der Waals surface area contributed by atoms with Crippen LogP contribution in [-0.4, -0.2) is 28.3 Å². The highest BCUT2D eigenvalue weighted by Gasteiger charge is 2.08. The third-order valence-corrected chi connectivity index (χ3v) is 2.46. The van der Waals surface area contributed by atoms with Gasteiger partial charge in [-0.2, -0.15) is 4.98 Å². The molecule has 2 aromatic heterocycles. The van der Waals surface area contributed by atoms with Crippen LogP contribution in [0.2, 0.25) is 5.15 Å². The van der Waals surface area contributed by atoms with E-state index in [2.05, 4.69) is 20.3 Å². The van der Waals surface area contributed by atoms with E-state index >= 15 is 0 Å². The first-order valence-corrected chi connectivity index (χ1v) is 5.41. The summed E-state index contributed by atoms with van der Waals surface area (Å²) >= 11 is 5.87. The standard InChI is InChI=1S/C11H10ClN5O/c1-18-9-4-2-3-8(16-9)17-11-7(5-13)10(12)14-6-15-11/h2-6,13H,1H3,(H,14,15,16,17). The molecule has 0 aromatic carbocycles. The summed E-state index contributed by atoms with van der Waals surface area (Å²) < 4.78 is 5.02. The van der Waals surface area contributed by atoms with Crippen molar-refractivity contribution in [3.8, 4) is 5.88 Å². The van der Waals surface area contributed by atoms with Gasteiger partial charge in [0.25, 0.3) is 0 Å². The molecule has 0 aliphatic heterocycles. The minimum Gasteiger partial charge on any atom is -0.481 e. The van der Waals surface area contributed by atoms with Crippen LogP contribution in [-0.2, 0) is 0 Å². The van der Waals surface area contributed by atoms with Gasteiger partial charge in [-0.15, -0.1) is 0 Å². The first-order valence-electron chi connectivity index (χ1n) is 5.03. The van der Waals surface area contributed by atoms with E-state index in [1.54, 1.807) is 18.2 Å². The molecule has 0 bridgehead atoms. The van der Waals surface area contributed by atoms with Crippen molar-refractivity contribution < 1.29 is 4.74 Å². The first-order chi connectivity index (χ1) is 8.74. The number of rotatable bonds is 4. The van der Waals surface area contributed by atoms with E-state index in [0.717, 1.165) is 6.21 Å². The average molecular weight is 264 g/mol. The number of nitrogens with zero attached hydrogens (tertiary/aromatic N) is 3. The SMILES string of the molecule is COc1cccc(Nc2ncnc(Cl)c2C=N)n1. The molecule has 7 heteroatoms. The summed E-state index contributed by atoms with van der Waals surface area (Å²) in [5, 5.41) is 10.5. The van der Waals surface area contributed by atoms with Crippen molar-refractivity contribution in [3.05, 3.63) is 35.2 Å². The van der Waals surface area contributed by atoms with Crippen molar-refractivity contribution in [2.75, 3.05) is 12.4 Å². The number of halogens is 1. The molecule has 0 fully saturated rings. The molecule has 0 aliphatic rings. The average Bonchev–Trinajstić information content (AvgIpc) is 2.39. The van der Waals surface area contributed by atoms with Crippen LogP contribution in [0.4, 0.5) is 11.6 Å². The quantitative estimate of drug-likeness (QED) is 0.653. The Bertz CT molecular complexity index is 575. The van der Waals surface area contributed by atoms with Crippen LogP contribution in [0.5, 0.6) is 5.88 Å². The monoisotopic (exact) mass is 263 g/mol. The Morgan fingerprint density at radius 1 is 1.39 bits per heavy atom. The van der Waals surface area contributed by atoms with Gasteiger partial charge in [0.1, 0.15) is 23.1 Å². The van der Waals surface area contributed by atoms with E-state index in [9.17, 15) is 0 Å². The molecule has 0 spiro atoms. The van der Waals surface area contributed by atoms with Gasteiger partial charge in [0.05, 0.1) is 12.7 Å². The van der Waals surface area contributed by atoms with Gasteiger partial charge in [0.2, 0.25) is 5.88 Å². The fraction of sp³-hybridized carbons (Fsp3) is 0.0909. The van der Waals surface area contributed by atoms with Crippen LogP contribution in [0.15, 0.2) is 24.5 Å². The lowest BCUT2D eigenvalue weighted by molar-refractivity contribution is 0.398. The Morgan fingerprint density at radius 2 is 2.22 bits per heavy atom. The molecule has 92 valence electrons. The van der Waals surface area contributed by atoms with E-state index in [1.807, 2.05) is 0 Å². The molecule has 2 aromatic rings. The molecule has 6 nitrogen and oxygen atoms in total. The summed E-state index contributed by atoms with van der Waals surface area (Å²) in [7, 11) is 1.54. The van der Waals surface area contributed by atoms with Gasteiger partial charge in [-0.05, 0) is 6.07 Å². The van der Waals surface area contributed by atoms with Gasteiger partial charge in [-0.1, -0.05) is 17.7 Å². The summed E-state index contributed by atoms with van der Waals surface area (Å²) in [6.45, 7) is 0. The topological polar surface area (TPSA) is 83.8 Å². The molecular formula is C11H10ClN5O. The highest BCUT2D eigenvalue weighted by Crippen LogP contribution is 2.21. The Labute approximate surface area is 109 Å². The second-order valence-electron chi connectivity index (χ2n) is 3.26. The van der Waals surface area contributed by atoms with Crippen LogP contribution >= 0.6 is 11.6 Å². The Kier molecular flexibility index (Phi) is 3.69. The molecule has 2 rings (SSSR count). The number of anilines is 2. The fourth-order valence-electron chi connectivity index (χ4n) is 1.32. The number of methoxy groups -OCH3 is 1. The minimum absolute atomic E-state index is 0.213. The zero-order valence-corrected chi connectivity index (χ0v) is 10.3. The number of hydrogen-bond acceptors (Lipinski definition) is 6. The lowest BCUT2D eigenvalue weighted by atomic mass is 10.3. The molecular weight excluding hydrogens is 254 g/mol. The third-order valence-electron chi connectivity index (χ3n) is 2.16. The lowest BCUT2D eigenvalue weighted by Crippen LogP contribution is -2.02. The van der Waals surface area contributed by atoms with Gasteiger partial charge in [-0.3, -0.25) is 0 Å². The van der Waals surface area contributed by atoms with Gasteiger partial charge in [0.15, 0.2) is 0 Å². The van der Waals surface area contributed by atoms with Crippen LogP contribution in [0.1, 0.15) is 5.56 Å². The van der Waals surface area contributed by atoms with E-state index in [-0.39, 0.29) is 5.15 Å². The zero-order valence-electron chi connectivity index (χ0n) is 9.51. The Hall–Kier alpha value is -2.21. The molecule has 0 atom stereocenters. The Balaban J connectivity index is 2.33. The van der Waals surface area contributed by atoms with Crippen molar-refractivity contribution in [1.29, 1.82) is 5.41 Å². The number of pyridine rings is 1. The van der Waals surface area contributed by atoms with Crippen LogP contribution in [0.3, 0.4) is 0 Å². The molecule has 0 saturated carbocycles. The second-order valence-corrected chi connectivity index (χ2v) is 3.62. The molecule has 2 heterocycles. The lowest BCUT2D eigenvalue weighted by Gasteiger charge is -2.08. The summed E-state index contributed by atoms with van der Waals surface area (Å²) in [6, 6.07) is 5.28. The first kappa shape index (κ1) is 12.3. The number of nitrogens with one attached hydrogen (secondary N) is 2. The minimum atomic E-state index is 0.213. The molecule has 0 unspecified atom stereocenters. The van der Waals surface area contributed by atoms with Crippen LogP contribution in [0, 0.1) is 5.41 Å². The van der Waals surface area contributed by atoms with E-state index in [1.165, 1.54) is 13.4 Å². The second kappa shape index (κ2) is 5.42. The summed E-state index contributed by atoms with van der Waals surface area (Å²) in [5.41, 5.74) is 0.406. The largest absolute Gasteiger partial charge is 0.481 e. The molecule has 2 N–H and O–H groups in total. The number of hydrogen-bond donors (Lipinski definition) is 2. The molecule has 0 amide bonds. The highest BCUT2D eigenvalue weighted by molar-refractivity contribution is 6.32. The predicted octanol–water partition coefficient (Wildman–Crippen LogP) is 2.27. The van der Waals surface area contributed by atoms with Gasteiger partial charge < -0.3 is 15.5 Å². The van der Waals surface area contributed by atoms with Gasteiger partial charge >= 0.3 is 0 Å². The van der Waals surface area contributed by atoms with Crippen molar-refractivity contribution in [2.45, 2.75) is 0 Å². The smallest absolute Gasteiger partial charge is 0.214 e. The summed E-state index contributed by atoms with van der Waals surface area (Å²) in [6.07, 6.45) is 2.41. The molecule has 18 heavy (non-hydrogen) atoms. The Morgan fingerprint density at radius 3 is 2.94 bits per heavy atom. The fourth-order valence-corrected chi connectivity index (χ4v) is 1.51. The maximum atomic E-state index is 7.30. The van der Waals surface area contributed by atoms with Crippen molar-refractivity contribution in [1.82, 2.24) is 15.0 Å². The van der Waals surface area contributed by atoms with Gasteiger partial charge in [0, 0.05) is 12.3 Å². The van der Waals surface area contributed by atoms with Gasteiger partial charge in [-0.25, -0.2) is 9.97 Å². The highest BCUT2D eigenvalue weighted by atomic mass is 35.5. The van der Waals surface area contributed by atoms with Crippen molar-refractivity contribution in [2.24, 2.45) is 0 Å². The third kappa shape index (κ3) is 2.54. The molecule has 0 aliphatic carbocycles. The van der Waals surface area contributed by atoms with E-state index < -0.39 is 0 Å². The van der Waals surface area contributed by atoms with Crippen LogP contribution < -0.4 is 10.1 Å². The van der Waals surface area contributed by atoms with E-state index in [4.69, 9.17) is 21.7 Å². The van der Waals surface area contributed by atoms with Crippen LogP contribution in [0.25, 0.3) is 0 Å². The maximum absolute atomic E-state index is 7.30. The van der Waals surface area contributed by atoms with Crippen molar-refractivity contribution >= 4 is 29.5 Å². The molecule has 0 radical (unpaired) electrons. The summed E-state index contributed by atoms with van der Waals surface area (Å²) in [5.74, 6) is 1.45. The van der Waals surface area contributed by atoms with E-state index in [0.29, 0.717) is 23.1 Å². The normalized spacial score (nSPS) is 9.89.